The number of rotatable bonds is 5. The first-order chi connectivity index (χ1) is 28.3. The van der Waals surface area contributed by atoms with Crippen molar-refractivity contribution in [1.29, 1.82) is 0 Å². The maximum absolute atomic E-state index is 4.54. The van der Waals surface area contributed by atoms with E-state index in [2.05, 4.69) is 204 Å². The molecule has 0 aliphatic heterocycles. The number of hydrogen-bond donors (Lipinski definition) is 0. The minimum absolute atomic E-state index is 1.15. The van der Waals surface area contributed by atoms with Gasteiger partial charge < -0.3 is 4.57 Å². The molecule has 0 amide bonds. The van der Waals surface area contributed by atoms with Gasteiger partial charge in [0.05, 0.1) is 11.0 Å². The molecule has 11 aromatic rings. The van der Waals surface area contributed by atoms with Gasteiger partial charge in [-0.05, 0) is 125 Å². The van der Waals surface area contributed by atoms with Crippen molar-refractivity contribution >= 4 is 43.4 Å². The van der Waals surface area contributed by atoms with Gasteiger partial charge in [0.25, 0.3) is 0 Å². The van der Waals surface area contributed by atoms with Gasteiger partial charge in [-0.25, -0.2) is 0 Å². The fourth-order valence-electron chi connectivity index (χ4n) is 9.63. The van der Waals surface area contributed by atoms with Gasteiger partial charge in [-0.2, -0.15) is 0 Å². The molecule has 1 aliphatic rings. The Morgan fingerprint density at radius 3 is 1.58 bits per heavy atom. The molecule has 0 saturated heterocycles. The highest BCUT2D eigenvalue weighted by Gasteiger charge is 2.31. The molecule has 1 aliphatic carbocycles. The molecule has 2 nitrogen and oxygen atoms in total. The SMILES string of the molecule is c1ccc(-c2c3c(c(-c4ccccc4)c4ccccc24)-c2ccc(-c4cccc(-c5ccc6c(c5)c5cnccc5n6-c5ccccc5)c4)c4cccc-3c24)cc1. The maximum Gasteiger partial charge on any atom is 0.0571 e. The molecule has 2 heteroatoms. The van der Waals surface area contributed by atoms with E-state index in [1.54, 1.807) is 0 Å². The van der Waals surface area contributed by atoms with Crippen molar-refractivity contribution < 1.29 is 0 Å². The summed E-state index contributed by atoms with van der Waals surface area (Å²) in [5.41, 5.74) is 18.6. The van der Waals surface area contributed by atoms with Crippen molar-refractivity contribution in [3.8, 4) is 72.4 Å². The number of pyridine rings is 1. The molecule has 57 heavy (non-hydrogen) atoms. The summed E-state index contributed by atoms with van der Waals surface area (Å²) < 4.78 is 2.34. The standard InChI is InChI=1S/C55H34N2/c1-4-14-35(15-5-1)51-43-22-10-11-23-44(43)52(36-16-6-2-7-17-36)55-46-28-27-41(42-24-13-25-45(53(42)46)54(51)55)39-19-12-18-37(32-39)38-26-29-49-47(33-38)48-34-56-31-30-50(48)57(49)40-20-8-3-9-21-40/h1-34H. The van der Waals surface area contributed by atoms with Crippen LogP contribution in [0.2, 0.25) is 0 Å². The lowest BCUT2D eigenvalue weighted by atomic mass is 9.82. The zero-order chi connectivity index (χ0) is 37.5. The van der Waals surface area contributed by atoms with Gasteiger partial charge in [0, 0.05) is 28.9 Å². The van der Waals surface area contributed by atoms with Gasteiger partial charge in [-0.3, -0.25) is 4.98 Å². The molecule has 2 aromatic heterocycles. The smallest absolute Gasteiger partial charge is 0.0571 e. The van der Waals surface area contributed by atoms with E-state index in [1.807, 2.05) is 12.4 Å². The molecule has 0 saturated carbocycles. The minimum atomic E-state index is 1.15. The molecule has 0 bridgehead atoms. The first-order valence-electron chi connectivity index (χ1n) is 19.6. The van der Waals surface area contributed by atoms with E-state index in [0.29, 0.717) is 0 Å². The van der Waals surface area contributed by atoms with Crippen LogP contribution in [-0.2, 0) is 0 Å². The first kappa shape index (κ1) is 31.8. The van der Waals surface area contributed by atoms with E-state index in [1.165, 1.54) is 99.2 Å². The Labute approximate surface area is 330 Å². The predicted octanol–water partition coefficient (Wildman–Crippen LogP) is 14.8. The molecule has 12 rings (SSSR count). The number of nitrogens with zero attached hydrogens (tertiary/aromatic N) is 2. The van der Waals surface area contributed by atoms with Gasteiger partial charge in [0.2, 0.25) is 0 Å². The van der Waals surface area contributed by atoms with Crippen molar-refractivity contribution in [3.05, 3.63) is 207 Å². The van der Waals surface area contributed by atoms with Crippen LogP contribution in [0.1, 0.15) is 0 Å². The van der Waals surface area contributed by atoms with E-state index in [4.69, 9.17) is 0 Å². The zero-order valence-corrected chi connectivity index (χ0v) is 31.0. The van der Waals surface area contributed by atoms with Gasteiger partial charge >= 0.3 is 0 Å². The largest absolute Gasteiger partial charge is 0.309 e. The molecule has 2 heterocycles. The third kappa shape index (κ3) is 4.74. The second-order valence-corrected chi connectivity index (χ2v) is 15.0. The summed E-state index contributed by atoms with van der Waals surface area (Å²) >= 11 is 0. The summed E-state index contributed by atoms with van der Waals surface area (Å²) in [4.78, 5) is 4.54. The third-order valence-electron chi connectivity index (χ3n) is 12.0. The molecule has 264 valence electrons. The summed E-state index contributed by atoms with van der Waals surface area (Å²) in [6.45, 7) is 0. The van der Waals surface area contributed by atoms with Crippen LogP contribution in [0.4, 0.5) is 0 Å². The Balaban J connectivity index is 1.07. The van der Waals surface area contributed by atoms with Crippen LogP contribution in [0.25, 0.3) is 116 Å². The lowest BCUT2D eigenvalue weighted by molar-refractivity contribution is 1.17. The van der Waals surface area contributed by atoms with E-state index < -0.39 is 0 Å². The van der Waals surface area contributed by atoms with Crippen molar-refractivity contribution in [1.82, 2.24) is 9.55 Å². The Hall–Kier alpha value is -7.55. The second-order valence-electron chi connectivity index (χ2n) is 15.0. The molecular weight excluding hydrogens is 689 g/mol. The van der Waals surface area contributed by atoms with Crippen LogP contribution < -0.4 is 0 Å². The van der Waals surface area contributed by atoms with Crippen molar-refractivity contribution in [2.75, 3.05) is 0 Å². The van der Waals surface area contributed by atoms with E-state index in [-0.39, 0.29) is 0 Å². The Kier molecular flexibility index (Phi) is 6.96. The van der Waals surface area contributed by atoms with Crippen LogP contribution in [0.15, 0.2) is 207 Å². The third-order valence-corrected chi connectivity index (χ3v) is 12.0. The highest BCUT2D eigenvalue weighted by Crippen LogP contribution is 2.58. The van der Waals surface area contributed by atoms with Gasteiger partial charge in [-0.15, -0.1) is 0 Å². The topological polar surface area (TPSA) is 17.8 Å². The van der Waals surface area contributed by atoms with E-state index in [9.17, 15) is 0 Å². The van der Waals surface area contributed by atoms with Gasteiger partial charge in [0.1, 0.15) is 0 Å². The summed E-state index contributed by atoms with van der Waals surface area (Å²) in [5.74, 6) is 0. The van der Waals surface area contributed by atoms with Crippen molar-refractivity contribution in [3.63, 3.8) is 0 Å². The highest BCUT2D eigenvalue weighted by atomic mass is 15.0. The second kappa shape index (κ2) is 12.5. The molecule has 0 atom stereocenters. The lowest BCUT2D eigenvalue weighted by Crippen LogP contribution is -1.93. The van der Waals surface area contributed by atoms with Crippen molar-refractivity contribution in [2.45, 2.75) is 0 Å². The van der Waals surface area contributed by atoms with Gasteiger partial charge in [0.15, 0.2) is 0 Å². The van der Waals surface area contributed by atoms with Crippen LogP contribution >= 0.6 is 0 Å². The Morgan fingerprint density at radius 1 is 0.316 bits per heavy atom. The number of fused-ring (bicyclic) bond motifs is 7. The van der Waals surface area contributed by atoms with Crippen molar-refractivity contribution in [2.24, 2.45) is 0 Å². The highest BCUT2D eigenvalue weighted by molar-refractivity contribution is 6.28. The number of hydrogen-bond acceptors (Lipinski definition) is 1. The maximum atomic E-state index is 4.54. The molecule has 0 fully saturated rings. The lowest BCUT2D eigenvalue weighted by Gasteiger charge is -2.20. The minimum Gasteiger partial charge on any atom is -0.309 e. The van der Waals surface area contributed by atoms with Crippen LogP contribution in [0.5, 0.6) is 0 Å². The van der Waals surface area contributed by atoms with Crippen LogP contribution in [0.3, 0.4) is 0 Å². The molecule has 0 radical (unpaired) electrons. The summed E-state index contributed by atoms with van der Waals surface area (Å²) in [6.07, 6.45) is 3.88. The molecule has 9 aromatic carbocycles. The Morgan fingerprint density at radius 2 is 0.860 bits per heavy atom. The van der Waals surface area contributed by atoms with Gasteiger partial charge in [-0.1, -0.05) is 158 Å². The molecular formula is C55H34N2. The molecule has 0 unspecified atom stereocenters. The van der Waals surface area contributed by atoms with Crippen LogP contribution in [0, 0.1) is 0 Å². The molecule has 0 spiro atoms. The number of benzene rings is 9. The Bertz CT molecular complexity index is 3290. The summed E-state index contributed by atoms with van der Waals surface area (Å²) in [5, 5.41) is 7.50. The van der Waals surface area contributed by atoms with Crippen LogP contribution in [-0.4, -0.2) is 9.55 Å². The number of para-hydroxylation sites is 1. The molecule has 0 N–H and O–H groups in total. The average molecular weight is 723 g/mol. The predicted molar refractivity (Wildman–Crippen MR) is 240 cm³/mol. The number of aromatic nitrogens is 2. The summed E-state index contributed by atoms with van der Waals surface area (Å²) in [6, 6.07) is 71.1. The quantitative estimate of drug-likeness (QED) is 0.173. The fraction of sp³-hybridized carbons (Fsp3) is 0. The normalized spacial score (nSPS) is 11.9. The fourth-order valence-corrected chi connectivity index (χ4v) is 9.63. The average Bonchev–Trinajstić information content (AvgIpc) is 3.80. The van der Waals surface area contributed by atoms with E-state index >= 15 is 0 Å². The first-order valence-corrected chi connectivity index (χ1v) is 19.6. The zero-order valence-electron chi connectivity index (χ0n) is 31.0. The van der Waals surface area contributed by atoms with E-state index in [0.717, 1.165) is 16.6 Å². The monoisotopic (exact) mass is 722 g/mol. The summed E-state index contributed by atoms with van der Waals surface area (Å²) in [7, 11) is 0.